The van der Waals surface area contributed by atoms with Gasteiger partial charge in [-0.15, -0.1) is 0 Å². The van der Waals surface area contributed by atoms with Crippen LogP contribution in [0, 0.1) is 38.0 Å². The second kappa shape index (κ2) is 24.0. The highest BCUT2D eigenvalue weighted by atomic mass is 35.5. The van der Waals surface area contributed by atoms with Crippen molar-refractivity contribution < 1.29 is 24.1 Å². The Labute approximate surface area is 356 Å². The normalized spacial score (nSPS) is 10.4. The molecule has 0 spiro atoms. The Kier molecular flexibility index (Phi) is 19.9. The fourth-order valence-corrected chi connectivity index (χ4v) is 5.66. The van der Waals surface area contributed by atoms with Gasteiger partial charge in [0.1, 0.15) is 40.4 Å². The van der Waals surface area contributed by atoms with Crippen molar-refractivity contribution in [3.63, 3.8) is 0 Å². The first-order valence-corrected chi connectivity index (χ1v) is 19.2. The molecule has 0 bridgehead atoms. The summed E-state index contributed by atoms with van der Waals surface area (Å²) in [4.78, 5) is 33.3. The molecule has 6 rings (SSSR count). The summed E-state index contributed by atoms with van der Waals surface area (Å²) < 4.78 is 15.8. The topological polar surface area (TPSA) is 229 Å². The van der Waals surface area contributed by atoms with Gasteiger partial charge in [-0.25, -0.2) is 9.97 Å². The van der Waals surface area contributed by atoms with Gasteiger partial charge in [-0.1, -0.05) is 78.8 Å². The monoisotopic (exact) mass is 847 g/mol. The van der Waals surface area contributed by atoms with E-state index in [9.17, 15) is 20.2 Å². The van der Waals surface area contributed by atoms with Gasteiger partial charge in [-0.3, -0.25) is 25.2 Å². The molecule has 0 radical (unpaired) electrons. The third kappa shape index (κ3) is 13.1. The van der Waals surface area contributed by atoms with Crippen LogP contribution in [0.5, 0.6) is 17.2 Å². The summed E-state index contributed by atoms with van der Waals surface area (Å²) in [5.74, 6) is 3.41. The van der Waals surface area contributed by atoms with E-state index in [1.165, 1.54) is 13.3 Å². The molecule has 324 valence electrons. The van der Waals surface area contributed by atoms with E-state index in [4.69, 9.17) is 37.3 Å². The molecule has 6 aromatic rings. The summed E-state index contributed by atoms with van der Waals surface area (Å²) in [5, 5.41) is 30.5. The van der Waals surface area contributed by atoms with E-state index in [0.717, 1.165) is 41.6 Å². The van der Waals surface area contributed by atoms with Crippen molar-refractivity contribution in [3.8, 4) is 17.2 Å². The van der Waals surface area contributed by atoms with Crippen LogP contribution in [0.4, 0.5) is 28.4 Å². The van der Waals surface area contributed by atoms with Crippen LogP contribution in [0.1, 0.15) is 49.0 Å². The van der Waals surface area contributed by atoms with E-state index in [0.29, 0.717) is 69.0 Å². The van der Waals surface area contributed by atoms with E-state index in [1.54, 1.807) is 44.7 Å². The van der Waals surface area contributed by atoms with E-state index >= 15 is 0 Å². The lowest BCUT2D eigenvalue weighted by atomic mass is 10.1. The Bertz CT molecular complexity index is 2340. The van der Waals surface area contributed by atoms with E-state index in [-0.39, 0.29) is 23.8 Å². The first-order chi connectivity index (χ1) is 28.1. The van der Waals surface area contributed by atoms with Crippen molar-refractivity contribution in [2.24, 2.45) is 23.5 Å². The second-order valence-electron chi connectivity index (χ2n) is 14.3. The molecule has 0 saturated carbocycles. The Balaban J connectivity index is 0.000000292. The number of nitrogen functional groups attached to an aromatic ring is 1. The van der Waals surface area contributed by atoms with Crippen molar-refractivity contribution in [1.82, 2.24) is 15.0 Å². The van der Waals surface area contributed by atoms with Crippen LogP contribution in [0.2, 0.25) is 5.02 Å². The molecule has 3 aromatic heterocycles. The highest BCUT2D eigenvalue weighted by molar-refractivity contribution is 6.38. The number of hydrogen-bond donors (Lipinski definition) is 4. The van der Waals surface area contributed by atoms with E-state index < -0.39 is 9.85 Å². The number of aromatic nitrogens is 3. The first-order valence-electron chi connectivity index (χ1n) is 18.8. The van der Waals surface area contributed by atoms with Gasteiger partial charge in [-0.2, -0.15) is 0 Å². The Hall–Kier alpha value is -6.26. The number of benzene rings is 3. The summed E-state index contributed by atoms with van der Waals surface area (Å²) in [6.07, 6.45) is 4.11. The average Bonchev–Trinajstić information content (AvgIpc) is 3.22. The molecule has 0 amide bonds. The van der Waals surface area contributed by atoms with Gasteiger partial charge in [-0.05, 0) is 60.7 Å². The molecule has 60 heavy (non-hydrogen) atoms. The maximum Gasteiger partial charge on any atom is 0.311 e. The van der Waals surface area contributed by atoms with Gasteiger partial charge < -0.3 is 36.3 Å². The van der Waals surface area contributed by atoms with E-state index in [1.807, 2.05) is 44.2 Å². The SMILES string of the molecule is C.CC(C)CN.COc1cccc2ncc(N)c(NCC(C)C)c12.COc1cccc2ncc([N+](=O)[O-])c(Cl)c12.COc1cccc2ncc([N+](=O)[O-])c(NCC(C)C)c12. The highest BCUT2D eigenvalue weighted by Crippen LogP contribution is 2.39. The zero-order chi connectivity index (χ0) is 43.8. The number of hydrogen-bond acceptors (Lipinski definition) is 14. The molecule has 0 saturated heterocycles. The average molecular weight is 848 g/mol. The number of anilines is 3. The van der Waals surface area contributed by atoms with Crippen molar-refractivity contribution in [1.29, 1.82) is 0 Å². The van der Waals surface area contributed by atoms with Gasteiger partial charge in [0.2, 0.25) is 0 Å². The van der Waals surface area contributed by atoms with Crippen LogP contribution in [0.15, 0.2) is 73.2 Å². The lowest BCUT2D eigenvalue weighted by Crippen LogP contribution is -2.10. The minimum Gasteiger partial charge on any atom is -0.496 e. The number of nitro groups is 2. The van der Waals surface area contributed by atoms with Gasteiger partial charge in [0.05, 0.1) is 81.5 Å². The fraction of sp³-hybridized carbons (Fsp3) is 0.372. The smallest absolute Gasteiger partial charge is 0.311 e. The minimum atomic E-state index is -0.568. The molecule has 3 aromatic carbocycles. The summed E-state index contributed by atoms with van der Waals surface area (Å²) in [6, 6.07) is 16.3. The molecule has 0 aliphatic rings. The third-order valence-electron chi connectivity index (χ3n) is 8.40. The molecule has 17 heteroatoms. The van der Waals surface area contributed by atoms with E-state index in [2.05, 4.69) is 53.3 Å². The molecule has 0 atom stereocenters. The largest absolute Gasteiger partial charge is 0.496 e. The summed E-state index contributed by atoms with van der Waals surface area (Å²) in [5.41, 5.74) is 15.1. The number of nitrogens with one attached hydrogen (secondary N) is 2. The lowest BCUT2D eigenvalue weighted by Gasteiger charge is -2.15. The molecule has 0 unspecified atom stereocenters. The highest BCUT2D eigenvalue weighted by Gasteiger charge is 2.21. The molecule has 3 heterocycles. The predicted octanol–water partition coefficient (Wildman–Crippen LogP) is 10.2. The van der Waals surface area contributed by atoms with Crippen LogP contribution in [-0.4, -0.2) is 65.8 Å². The van der Waals surface area contributed by atoms with Gasteiger partial charge in [0.15, 0.2) is 0 Å². The fourth-order valence-electron chi connectivity index (χ4n) is 5.35. The van der Waals surface area contributed by atoms with Crippen LogP contribution in [0.3, 0.4) is 0 Å². The number of nitrogens with zero attached hydrogens (tertiary/aromatic N) is 5. The van der Waals surface area contributed by atoms with Crippen LogP contribution >= 0.6 is 11.6 Å². The van der Waals surface area contributed by atoms with Crippen molar-refractivity contribution in [2.75, 3.05) is 57.3 Å². The van der Waals surface area contributed by atoms with Crippen molar-refractivity contribution in [3.05, 3.63) is 98.4 Å². The lowest BCUT2D eigenvalue weighted by molar-refractivity contribution is -0.384. The number of pyridine rings is 3. The van der Waals surface area contributed by atoms with Crippen LogP contribution < -0.4 is 36.3 Å². The first kappa shape index (κ1) is 49.9. The number of ether oxygens (including phenoxy) is 3. The molecular formula is C43H58ClN9O7. The molecule has 0 fully saturated rings. The number of nitrogens with two attached hydrogens (primary N) is 2. The van der Waals surface area contributed by atoms with Crippen LogP contribution in [0.25, 0.3) is 32.7 Å². The maximum atomic E-state index is 11.2. The molecule has 0 aliphatic heterocycles. The van der Waals surface area contributed by atoms with Gasteiger partial charge >= 0.3 is 11.4 Å². The summed E-state index contributed by atoms with van der Waals surface area (Å²) in [7, 11) is 4.67. The Morgan fingerprint density at radius 2 is 1.00 bits per heavy atom. The molecule has 0 aliphatic carbocycles. The number of halogens is 1. The summed E-state index contributed by atoms with van der Waals surface area (Å²) >= 11 is 5.96. The van der Waals surface area contributed by atoms with Gasteiger partial charge in [0.25, 0.3) is 0 Å². The third-order valence-corrected chi connectivity index (χ3v) is 8.78. The Morgan fingerprint density at radius 3 is 1.40 bits per heavy atom. The van der Waals surface area contributed by atoms with Crippen LogP contribution in [-0.2, 0) is 0 Å². The zero-order valence-electron chi connectivity index (χ0n) is 34.9. The number of rotatable bonds is 12. The molecule has 6 N–H and O–H groups in total. The van der Waals surface area contributed by atoms with Crippen molar-refractivity contribution >= 4 is 72.7 Å². The van der Waals surface area contributed by atoms with Crippen molar-refractivity contribution in [2.45, 2.75) is 49.0 Å². The van der Waals surface area contributed by atoms with Gasteiger partial charge in [0, 0.05) is 13.1 Å². The Morgan fingerprint density at radius 1 is 0.633 bits per heavy atom. The number of methoxy groups -OCH3 is 3. The zero-order valence-corrected chi connectivity index (χ0v) is 35.7. The minimum absolute atomic E-state index is 0. The standard InChI is InChI=1S/C14H17N3O3.C14H19N3O.C10H7ClN2O3.C4H11N.CH4/c1-9(2)7-16-14-11(17(18)19)8-15-10-5-4-6-12(20-3)13(10)14;1-9(2)7-17-14-10(15)8-16-11-5-4-6-12(18-3)13(11)14;1-16-8-4-2-3-6-9(8)10(11)7(5-12-6)13(14)15;1-4(2)3-5;/h4-6,8-9H,7H2,1-3H3,(H,15,16);4-6,8-9H,7,15H2,1-3H3,(H,16,17);2-5H,1H3;4H,3,5H2,1-2H3;1H4. The number of fused-ring (bicyclic) bond motifs is 3. The molecular weight excluding hydrogens is 790 g/mol. The summed E-state index contributed by atoms with van der Waals surface area (Å²) in [6.45, 7) is 14.9. The maximum absolute atomic E-state index is 11.2. The second-order valence-corrected chi connectivity index (χ2v) is 14.7. The molecule has 16 nitrogen and oxygen atoms in total. The quantitative estimate of drug-likeness (QED) is 0.0663. The predicted molar refractivity (Wildman–Crippen MR) is 245 cm³/mol.